The van der Waals surface area contributed by atoms with Crippen molar-refractivity contribution < 1.29 is 13.9 Å². The van der Waals surface area contributed by atoms with Gasteiger partial charge in [0.1, 0.15) is 11.6 Å². The summed E-state index contributed by atoms with van der Waals surface area (Å²) in [6.07, 6.45) is 2.40. The quantitative estimate of drug-likeness (QED) is 0.781. The van der Waals surface area contributed by atoms with E-state index in [1.54, 1.807) is 30.3 Å². The van der Waals surface area contributed by atoms with E-state index in [9.17, 15) is 9.18 Å². The molecule has 0 aromatic heterocycles. The first kappa shape index (κ1) is 11.9. The third-order valence-electron chi connectivity index (χ3n) is 3.04. The van der Waals surface area contributed by atoms with E-state index in [-0.39, 0.29) is 17.5 Å². The Labute approximate surface area is 110 Å². The molecule has 0 N–H and O–H groups in total. The number of halogens is 1. The van der Waals surface area contributed by atoms with Crippen LogP contribution in [0.15, 0.2) is 48.5 Å². The summed E-state index contributed by atoms with van der Waals surface area (Å²) in [5.41, 5.74) is 0.536. The average molecular weight is 256 g/mol. The Bertz CT molecular complexity index is 618. The summed E-state index contributed by atoms with van der Waals surface area (Å²) in [4.78, 5) is 12.2. The highest BCUT2D eigenvalue weighted by molar-refractivity contribution is 6.09. The molecule has 3 rings (SSSR count). The molecule has 3 heteroatoms. The predicted molar refractivity (Wildman–Crippen MR) is 69.9 cm³/mol. The molecule has 0 bridgehead atoms. The molecule has 96 valence electrons. The summed E-state index contributed by atoms with van der Waals surface area (Å²) < 4.78 is 19.2. The molecule has 2 nitrogen and oxygen atoms in total. The van der Waals surface area contributed by atoms with Crippen LogP contribution >= 0.6 is 0 Å². The van der Waals surface area contributed by atoms with Crippen molar-refractivity contribution >= 4 is 5.78 Å². The predicted octanol–water partition coefficient (Wildman–Crippen LogP) is 3.60. The van der Waals surface area contributed by atoms with Crippen LogP contribution in [0, 0.1) is 5.82 Å². The molecule has 0 saturated heterocycles. The molecule has 1 fully saturated rings. The van der Waals surface area contributed by atoms with E-state index in [1.807, 2.05) is 6.07 Å². The standard InChI is InChI=1S/C16H13FO2/c17-15-7-2-1-6-14(15)16(18)11-4-3-5-13(10-11)19-12-8-9-12/h1-7,10,12H,8-9H2. The van der Waals surface area contributed by atoms with E-state index in [0.29, 0.717) is 11.3 Å². The largest absolute Gasteiger partial charge is 0.490 e. The van der Waals surface area contributed by atoms with Crippen LogP contribution in [0.25, 0.3) is 0 Å². The number of rotatable bonds is 4. The number of hydrogen-bond donors (Lipinski definition) is 0. The van der Waals surface area contributed by atoms with Gasteiger partial charge < -0.3 is 4.74 Å². The highest BCUT2D eigenvalue weighted by Gasteiger charge is 2.23. The summed E-state index contributed by atoms with van der Waals surface area (Å²) in [5, 5.41) is 0. The normalized spacial score (nSPS) is 14.2. The summed E-state index contributed by atoms with van der Waals surface area (Å²) in [7, 11) is 0. The molecule has 1 saturated carbocycles. The zero-order valence-corrected chi connectivity index (χ0v) is 10.3. The minimum atomic E-state index is -0.499. The summed E-state index contributed by atoms with van der Waals surface area (Å²) in [6, 6.07) is 12.9. The van der Waals surface area contributed by atoms with Crippen LogP contribution in [0.3, 0.4) is 0 Å². The van der Waals surface area contributed by atoms with Crippen molar-refractivity contribution in [1.29, 1.82) is 0 Å². The van der Waals surface area contributed by atoms with Crippen molar-refractivity contribution in [3.05, 3.63) is 65.5 Å². The monoisotopic (exact) mass is 256 g/mol. The highest BCUT2D eigenvalue weighted by atomic mass is 19.1. The van der Waals surface area contributed by atoms with Crippen LogP contribution in [0.1, 0.15) is 28.8 Å². The fourth-order valence-electron chi connectivity index (χ4n) is 1.89. The molecule has 0 amide bonds. The average Bonchev–Trinajstić information content (AvgIpc) is 3.23. The second kappa shape index (κ2) is 4.84. The van der Waals surface area contributed by atoms with Gasteiger partial charge in [-0.1, -0.05) is 24.3 Å². The number of benzene rings is 2. The van der Waals surface area contributed by atoms with Gasteiger partial charge in [-0.25, -0.2) is 4.39 Å². The molecule has 0 heterocycles. The van der Waals surface area contributed by atoms with Gasteiger partial charge in [-0.2, -0.15) is 0 Å². The maximum Gasteiger partial charge on any atom is 0.196 e. The summed E-state index contributed by atoms with van der Waals surface area (Å²) in [6.45, 7) is 0. The fourth-order valence-corrected chi connectivity index (χ4v) is 1.89. The Morgan fingerprint density at radius 3 is 2.63 bits per heavy atom. The lowest BCUT2D eigenvalue weighted by Gasteiger charge is -2.07. The van der Waals surface area contributed by atoms with Crippen molar-refractivity contribution in [2.45, 2.75) is 18.9 Å². The van der Waals surface area contributed by atoms with Crippen molar-refractivity contribution in [3.8, 4) is 5.75 Å². The molecular formula is C16H13FO2. The number of carbonyl (C=O) groups excluding carboxylic acids is 1. The first-order chi connectivity index (χ1) is 9.24. The summed E-state index contributed by atoms with van der Waals surface area (Å²) >= 11 is 0. The molecule has 0 aliphatic heterocycles. The first-order valence-corrected chi connectivity index (χ1v) is 6.30. The Morgan fingerprint density at radius 1 is 1.11 bits per heavy atom. The van der Waals surface area contributed by atoms with Crippen molar-refractivity contribution in [2.24, 2.45) is 0 Å². The van der Waals surface area contributed by atoms with E-state index >= 15 is 0 Å². The lowest BCUT2D eigenvalue weighted by atomic mass is 10.0. The van der Waals surface area contributed by atoms with Gasteiger partial charge in [-0.05, 0) is 37.1 Å². The topological polar surface area (TPSA) is 26.3 Å². The minimum absolute atomic E-state index is 0.0890. The second-order valence-corrected chi connectivity index (χ2v) is 4.65. The summed E-state index contributed by atoms with van der Waals surface area (Å²) in [5.74, 6) is -0.148. The molecule has 2 aromatic rings. The highest BCUT2D eigenvalue weighted by Crippen LogP contribution is 2.27. The lowest BCUT2D eigenvalue weighted by Crippen LogP contribution is -2.05. The van der Waals surface area contributed by atoms with E-state index in [0.717, 1.165) is 12.8 Å². The molecular weight excluding hydrogens is 243 g/mol. The number of carbonyl (C=O) groups is 1. The number of ether oxygens (including phenoxy) is 1. The van der Waals surface area contributed by atoms with Gasteiger partial charge in [0.05, 0.1) is 11.7 Å². The molecule has 1 aliphatic rings. The second-order valence-electron chi connectivity index (χ2n) is 4.65. The van der Waals surface area contributed by atoms with Crippen LogP contribution in [0.4, 0.5) is 4.39 Å². The van der Waals surface area contributed by atoms with Gasteiger partial charge in [0.2, 0.25) is 0 Å². The van der Waals surface area contributed by atoms with Gasteiger partial charge >= 0.3 is 0 Å². The van der Waals surface area contributed by atoms with Crippen LogP contribution in [0.2, 0.25) is 0 Å². The third kappa shape index (κ3) is 2.65. The fraction of sp³-hybridized carbons (Fsp3) is 0.188. The van der Waals surface area contributed by atoms with E-state index in [2.05, 4.69) is 0 Å². The molecule has 0 atom stereocenters. The van der Waals surface area contributed by atoms with Gasteiger partial charge in [0.15, 0.2) is 5.78 Å². The number of hydrogen-bond acceptors (Lipinski definition) is 2. The van der Waals surface area contributed by atoms with Gasteiger partial charge in [0.25, 0.3) is 0 Å². The minimum Gasteiger partial charge on any atom is -0.490 e. The van der Waals surface area contributed by atoms with Crippen molar-refractivity contribution in [3.63, 3.8) is 0 Å². The molecule has 19 heavy (non-hydrogen) atoms. The van der Waals surface area contributed by atoms with E-state index in [1.165, 1.54) is 12.1 Å². The van der Waals surface area contributed by atoms with Gasteiger partial charge in [0, 0.05) is 5.56 Å². The maximum absolute atomic E-state index is 13.6. The van der Waals surface area contributed by atoms with Crippen molar-refractivity contribution in [2.75, 3.05) is 0 Å². The molecule has 1 aliphatic carbocycles. The maximum atomic E-state index is 13.6. The molecule has 0 unspecified atom stereocenters. The van der Waals surface area contributed by atoms with Crippen LogP contribution < -0.4 is 4.74 Å². The van der Waals surface area contributed by atoms with E-state index in [4.69, 9.17) is 4.74 Å². The van der Waals surface area contributed by atoms with Crippen molar-refractivity contribution in [1.82, 2.24) is 0 Å². The third-order valence-corrected chi connectivity index (χ3v) is 3.04. The Hall–Kier alpha value is -2.16. The molecule has 0 radical (unpaired) electrons. The molecule has 2 aromatic carbocycles. The number of ketones is 1. The SMILES string of the molecule is O=C(c1cccc(OC2CC2)c1)c1ccccc1F. The van der Waals surface area contributed by atoms with Crippen LogP contribution in [-0.4, -0.2) is 11.9 Å². The Kier molecular flexibility index (Phi) is 3.03. The zero-order chi connectivity index (χ0) is 13.2. The van der Waals surface area contributed by atoms with E-state index < -0.39 is 5.82 Å². The zero-order valence-electron chi connectivity index (χ0n) is 10.3. The van der Waals surface area contributed by atoms with Gasteiger partial charge in [-0.15, -0.1) is 0 Å². The Morgan fingerprint density at radius 2 is 1.89 bits per heavy atom. The molecule has 0 spiro atoms. The van der Waals surface area contributed by atoms with Gasteiger partial charge in [-0.3, -0.25) is 4.79 Å². The van der Waals surface area contributed by atoms with Crippen LogP contribution in [0.5, 0.6) is 5.75 Å². The Balaban J connectivity index is 1.88. The van der Waals surface area contributed by atoms with Crippen LogP contribution in [-0.2, 0) is 0 Å². The lowest BCUT2D eigenvalue weighted by molar-refractivity contribution is 0.103. The smallest absolute Gasteiger partial charge is 0.196 e. The first-order valence-electron chi connectivity index (χ1n) is 6.30.